The number of hydrogen-bond acceptors (Lipinski definition) is 2. The molecule has 3 unspecified atom stereocenters. The van der Waals surface area contributed by atoms with Crippen molar-refractivity contribution in [2.24, 2.45) is 11.8 Å². The number of carbonyl (C=O) groups excluding carboxylic acids is 1. The van der Waals surface area contributed by atoms with Crippen LogP contribution in [0.3, 0.4) is 0 Å². The molecule has 3 heteroatoms. The highest BCUT2D eigenvalue weighted by Crippen LogP contribution is 2.39. The van der Waals surface area contributed by atoms with Crippen molar-refractivity contribution in [1.29, 1.82) is 0 Å². The Morgan fingerprint density at radius 1 is 1.44 bits per heavy atom. The van der Waals surface area contributed by atoms with E-state index in [0.29, 0.717) is 0 Å². The van der Waals surface area contributed by atoms with E-state index in [0.717, 1.165) is 36.2 Å². The van der Waals surface area contributed by atoms with Crippen molar-refractivity contribution in [3.05, 3.63) is 29.8 Å². The molecule has 1 N–H and O–H groups in total. The first-order chi connectivity index (χ1) is 8.66. The molecule has 1 fully saturated rings. The summed E-state index contributed by atoms with van der Waals surface area (Å²) in [6.45, 7) is 3.91. The van der Waals surface area contributed by atoms with Crippen LogP contribution in [0.1, 0.15) is 24.8 Å². The Morgan fingerprint density at radius 2 is 2.17 bits per heavy atom. The zero-order valence-corrected chi connectivity index (χ0v) is 11.0. The molecule has 0 bridgehead atoms. The van der Waals surface area contributed by atoms with Gasteiger partial charge in [-0.15, -0.1) is 0 Å². The predicted molar refractivity (Wildman–Crippen MR) is 72.6 cm³/mol. The van der Waals surface area contributed by atoms with Gasteiger partial charge in [0.05, 0.1) is 5.92 Å². The number of amides is 1. The van der Waals surface area contributed by atoms with Crippen LogP contribution in [0.2, 0.25) is 0 Å². The molecule has 0 radical (unpaired) electrons. The van der Waals surface area contributed by atoms with Crippen molar-refractivity contribution < 1.29 is 4.79 Å². The van der Waals surface area contributed by atoms with E-state index in [4.69, 9.17) is 0 Å². The monoisotopic (exact) mass is 244 g/mol. The number of rotatable bonds is 3. The highest BCUT2D eigenvalue weighted by Gasteiger charge is 2.36. The zero-order chi connectivity index (χ0) is 12.7. The summed E-state index contributed by atoms with van der Waals surface area (Å²) in [7, 11) is 1.94. The van der Waals surface area contributed by atoms with Gasteiger partial charge in [-0.3, -0.25) is 4.79 Å². The van der Waals surface area contributed by atoms with Crippen molar-refractivity contribution in [2.75, 3.05) is 25.5 Å². The number of nitrogens with zero attached hydrogens (tertiary/aromatic N) is 1. The Morgan fingerprint density at radius 3 is 2.89 bits per heavy atom. The standard InChI is InChI=1S/C15H20N2O/c1-10-7-11(10)9-17(2)15(18)13-8-16-14-6-4-3-5-12(13)14/h3-6,10-11,13,16H,7-9H2,1-2H3. The van der Waals surface area contributed by atoms with Gasteiger partial charge in [-0.2, -0.15) is 0 Å². The Labute approximate surface area is 108 Å². The van der Waals surface area contributed by atoms with Gasteiger partial charge in [-0.25, -0.2) is 0 Å². The first-order valence-corrected chi connectivity index (χ1v) is 6.74. The number of nitrogens with one attached hydrogen (secondary N) is 1. The first kappa shape index (κ1) is 11.6. The summed E-state index contributed by atoms with van der Waals surface area (Å²) >= 11 is 0. The third kappa shape index (κ3) is 1.98. The Kier molecular flexibility index (Phi) is 2.77. The van der Waals surface area contributed by atoms with E-state index in [1.54, 1.807) is 0 Å². The quantitative estimate of drug-likeness (QED) is 0.885. The molecule has 3 nitrogen and oxygen atoms in total. The SMILES string of the molecule is CC1CC1CN(C)C(=O)C1CNc2ccccc21. The van der Waals surface area contributed by atoms with E-state index in [1.807, 2.05) is 30.1 Å². The van der Waals surface area contributed by atoms with E-state index < -0.39 is 0 Å². The summed E-state index contributed by atoms with van der Waals surface area (Å²) in [5.41, 5.74) is 2.27. The number of para-hydroxylation sites is 1. The molecule has 0 aromatic heterocycles. The van der Waals surface area contributed by atoms with Gasteiger partial charge >= 0.3 is 0 Å². The van der Waals surface area contributed by atoms with Gasteiger partial charge in [0.25, 0.3) is 0 Å². The summed E-state index contributed by atoms with van der Waals surface area (Å²) in [4.78, 5) is 14.4. The topological polar surface area (TPSA) is 32.3 Å². The lowest BCUT2D eigenvalue weighted by molar-refractivity contribution is -0.131. The highest BCUT2D eigenvalue weighted by molar-refractivity contribution is 5.88. The van der Waals surface area contributed by atoms with Crippen molar-refractivity contribution in [3.63, 3.8) is 0 Å². The van der Waals surface area contributed by atoms with Crippen molar-refractivity contribution >= 4 is 11.6 Å². The number of benzene rings is 1. The van der Waals surface area contributed by atoms with Crippen molar-refractivity contribution in [3.8, 4) is 0 Å². The molecular weight excluding hydrogens is 224 g/mol. The van der Waals surface area contributed by atoms with Gasteiger partial charge in [-0.1, -0.05) is 25.1 Å². The van der Waals surface area contributed by atoms with Crippen LogP contribution in [0.25, 0.3) is 0 Å². The third-order valence-corrected chi connectivity index (χ3v) is 4.29. The van der Waals surface area contributed by atoms with Crippen LogP contribution in [0.5, 0.6) is 0 Å². The first-order valence-electron chi connectivity index (χ1n) is 6.74. The van der Waals surface area contributed by atoms with Crippen LogP contribution < -0.4 is 5.32 Å². The van der Waals surface area contributed by atoms with E-state index in [-0.39, 0.29) is 11.8 Å². The summed E-state index contributed by atoms with van der Waals surface area (Å²) in [5, 5.41) is 3.32. The predicted octanol–water partition coefficient (Wildman–Crippen LogP) is 2.31. The molecule has 1 amide bonds. The molecule has 1 saturated carbocycles. The average molecular weight is 244 g/mol. The van der Waals surface area contributed by atoms with Crippen molar-refractivity contribution in [1.82, 2.24) is 4.90 Å². The smallest absolute Gasteiger partial charge is 0.231 e. The molecule has 1 aliphatic heterocycles. The maximum Gasteiger partial charge on any atom is 0.231 e. The molecule has 96 valence electrons. The lowest BCUT2D eigenvalue weighted by Gasteiger charge is -2.21. The Hall–Kier alpha value is -1.51. The third-order valence-electron chi connectivity index (χ3n) is 4.29. The molecular formula is C15H20N2O. The molecule has 1 aliphatic carbocycles. The van der Waals surface area contributed by atoms with Crippen LogP contribution in [0.4, 0.5) is 5.69 Å². The number of fused-ring (bicyclic) bond motifs is 1. The fourth-order valence-electron chi connectivity index (χ4n) is 2.87. The second-order valence-electron chi connectivity index (χ2n) is 5.71. The van der Waals surface area contributed by atoms with Crippen LogP contribution in [0.15, 0.2) is 24.3 Å². The molecule has 3 rings (SSSR count). The minimum atomic E-state index is 0.000237. The van der Waals surface area contributed by atoms with E-state index in [9.17, 15) is 4.79 Å². The fraction of sp³-hybridized carbons (Fsp3) is 0.533. The minimum absolute atomic E-state index is 0.000237. The van der Waals surface area contributed by atoms with Crippen LogP contribution in [0, 0.1) is 11.8 Å². The summed E-state index contributed by atoms with van der Waals surface area (Å²) < 4.78 is 0. The lowest BCUT2D eigenvalue weighted by Crippen LogP contribution is -2.34. The van der Waals surface area contributed by atoms with Gasteiger partial charge in [0, 0.05) is 25.8 Å². The second kappa shape index (κ2) is 4.30. The molecule has 1 heterocycles. The van der Waals surface area contributed by atoms with Crippen LogP contribution in [-0.4, -0.2) is 30.9 Å². The van der Waals surface area contributed by atoms with Crippen molar-refractivity contribution in [2.45, 2.75) is 19.3 Å². The Bertz CT molecular complexity index is 471. The number of likely N-dealkylation sites (N-methyl/N-ethyl adjacent to an activating group) is 1. The molecule has 1 aromatic carbocycles. The second-order valence-corrected chi connectivity index (χ2v) is 5.71. The average Bonchev–Trinajstić information content (AvgIpc) is 2.92. The summed E-state index contributed by atoms with van der Waals surface area (Å²) in [6.07, 6.45) is 1.27. The summed E-state index contributed by atoms with van der Waals surface area (Å²) in [6, 6.07) is 8.13. The lowest BCUT2D eigenvalue weighted by atomic mass is 10.00. The van der Waals surface area contributed by atoms with Gasteiger partial charge < -0.3 is 10.2 Å². The number of hydrogen-bond donors (Lipinski definition) is 1. The summed E-state index contributed by atoms with van der Waals surface area (Å²) in [5.74, 6) is 1.78. The molecule has 0 spiro atoms. The fourth-order valence-corrected chi connectivity index (χ4v) is 2.87. The maximum absolute atomic E-state index is 12.5. The van der Waals surface area contributed by atoms with Crippen LogP contribution >= 0.6 is 0 Å². The normalized spacial score (nSPS) is 28.4. The molecule has 3 atom stereocenters. The van der Waals surface area contributed by atoms with E-state index in [1.165, 1.54) is 6.42 Å². The van der Waals surface area contributed by atoms with Crippen LogP contribution in [-0.2, 0) is 4.79 Å². The molecule has 1 aromatic rings. The maximum atomic E-state index is 12.5. The largest absolute Gasteiger partial charge is 0.384 e. The number of anilines is 1. The van der Waals surface area contributed by atoms with E-state index >= 15 is 0 Å². The number of carbonyl (C=O) groups is 1. The van der Waals surface area contributed by atoms with E-state index in [2.05, 4.69) is 18.3 Å². The Balaban J connectivity index is 1.70. The van der Waals surface area contributed by atoms with Gasteiger partial charge in [0.1, 0.15) is 0 Å². The van der Waals surface area contributed by atoms with Gasteiger partial charge in [0.15, 0.2) is 0 Å². The molecule has 0 saturated heterocycles. The molecule has 18 heavy (non-hydrogen) atoms. The zero-order valence-electron chi connectivity index (χ0n) is 11.0. The highest BCUT2D eigenvalue weighted by atomic mass is 16.2. The van der Waals surface area contributed by atoms with Gasteiger partial charge in [-0.05, 0) is 29.9 Å². The molecule has 2 aliphatic rings. The van der Waals surface area contributed by atoms with Gasteiger partial charge in [0.2, 0.25) is 5.91 Å². The minimum Gasteiger partial charge on any atom is -0.384 e.